The number of nitrogens with one attached hydrogen (secondary N) is 1. The van der Waals surface area contributed by atoms with Gasteiger partial charge in [-0.15, -0.1) is 0 Å². The molecule has 0 radical (unpaired) electrons. The number of carboxylic acid groups (broad SMARTS) is 2. The van der Waals surface area contributed by atoms with E-state index in [0.717, 1.165) is 25.7 Å². The lowest BCUT2D eigenvalue weighted by molar-refractivity contribution is -0.144. The molecule has 6 N–H and O–H groups in total. The molecule has 2 atom stereocenters. The SMILES string of the molecule is CCCCOC(=O)CCC(CCNCC(O)c1cc(Cl)c(N)c(Cl)c1)c1ccccc1.O=C(O)/C=C\C(=O)O. The van der Waals surface area contributed by atoms with Crippen molar-refractivity contribution in [3.63, 3.8) is 0 Å². The van der Waals surface area contributed by atoms with Crippen LogP contribution in [0.1, 0.15) is 62.2 Å². The van der Waals surface area contributed by atoms with Crippen LogP contribution in [0.2, 0.25) is 10.0 Å². The van der Waals surface area contributed by atoms with E-state index < -0.39 is 18.0 Å². The summed E-state index contributed by atoms with van der Waals surface area (Å²) < 4.78 is 5.28. The number of hydrogen-bond donors (Lipinski definition) is 5. The standard InChI is InChI=1S/C24H32Cl2N2O3.C4H4O4/c1-2-3-13-31-23(30)10-9-18(17-7-5-4-6-8-17)11-12-28-16-22(29)19-14-20(25)24(27)21(26)15-19;5-3(6)1-2-4(7)8/h4-8,14-15,18,22,28-29H,2-3,9-13,16,27H2,1H3;1-2H,(H,5,6)(H,7,8)/b;2-1-. The predicted octanol–water partition coefficient (Wildman–Crippen LogP) is 5.21. The van der Waals surface area contributed by atoms with Crippen molar-refractivity contribution in [1.82, 2.24) is 5.32 Å². The van der Waals surface area contributed by atoms with Gasteiger partial charge >= 0.3 is 17.9 Å². The number of carbonyl (C=O) groups excluding carboxylic acids is 1. The van der Waals surface area contributed by atoms with Crippen molar-refractivity contribution >= 4 is 46.8 Å². The molecule has 2 unspecified atom stereocenters. The van der Waals surface area contributed by atoms with Crippen LogP contribution in [0.5, 0.6) is 0 Å². The number of nitrogen functional groups attached to an aromatic ring is 1. The van der Waals surface area contributed by atoms with Crippen LogP contribution in [0.4, 0.5) is 5.69 Å². The highest BCUT2D eigenvalue weighted by atomic mass is 35.5. The molecule has 0 aliphatic heterocycles. The summed E-state index contributed by atoms with van der Waals surface area (Å²) in [7, 11) is 0. The highest BCUT2D eigenvalue weighted by molar-refractivity contribution is 6.38. The second kappa shape index (κ2) is 19.0. The van der Waals surface area contributed by atoms with Crippen LogP contribution >= 0.6 is 23.2 Å². The van der Waals surface area contributed by atoms with Crippen molar-refractivity contribution in [1.29, 1.82) is 0 Å². The maximum absolute atomic E-state index is 12.0. The highest BCUT2D eigenvalue weighted by Gasteiger charge is 2.16. The number of esters is 1. The maximum atomic E-state index is 12.0. The molecule has 0 bridgehead atoms. The highest BCUT2D eigenvalue weighted by Crippen LogP contribution is 2.31. The van der Waals surface area contributed by atoms with Crippen molar-refractivity contribution in [2.45, 2.75) is 51.0 Å². The van der Waals surface area contributed by atoms with Crippen LogP contribution in [0, 0.1) is 0 Å². The number of carbonyl (C=O) groups is 3. The molecule has 2 aromatic rings. The van der Waals surface area contributed by atoms with E-state index in [1.807, 2.05) is 18.2 Å². The number of anilines is 1. The van der Waals surface area contributed by atoms with Gasteiger partial charge in [0.2, 0.25) is 0 Å². The number of benzene rings is 2. The number of aliphatic carboxylic acids is 2. The van der Waals surface area contributed by atoms with Gasteiger partial charge < -0.3 is 31.1 Å². The van der Waals surface area contributed by atoms with E-state index in [1.54, 1.807) is 12.1 Å². The van der Waals surface area contributed by atoms with Gasteiger partial charge in [0, 0.05) is 25.1 Å². The first-order valence-corrected chi connectivity index (χ1v) is 13.3. The number of ether oxygens (including phenoxy) is 1. The summed E-state index contributed by atoms with van der Waals surface area (Å²) in [5, 5.41) is 30.0. The smallest absolute Gasteiger partial charge is 0.328 e. The van der Waals surface area contributed by atoms with Crippen molar-refractivity contribution < 1.29 is 34.4 Å². The molecule has 0 aliphatic carbocycles. The van der Waals surface area contributed by atoms with Gasteiger partial charge in [0.1, 0.15) is 0 Å². The third-order valence-electron chi connectivity index (χ3n) is 5.59. The minimum Gasteiger partial charge on any atom is -0.478 e. The van der Waals surface area contributed by atoms with Gasteiger partial charge in [-0.05, 0) is 55.0 Å². The molecule has 0 amide bonds. The Balaban J connectivity index is 0.000000824. The van der Waals surface area contributed by atoms with Crippen LogP contribution in [0.15, 0.2) is 54.6 Å². The van der Waals surface area contributed by atoms with Gasteiger partial charge in [-0.3, -0.25) is 4.79 Å². The second-order valence-corrected chi connectivity index (χ2v) is 9.45. The van der Waals surface area contributed by atoms with Gasteiger partial charge in [-0.1, -0.05) is 66.9 Å². The first-order valence-electron chi connectivity index (χ1n) is 12.5. The van der Waals surface area contributed by atoms with Crippen molar-refractivity contribution in [2.75, 3.05) is 25.4 Å². The van der Waals surface area contributed by atoms with E-state index in [9.17, 15) is 19.5 Å². The Morgan fingerprint density at radius 1 is 1.00 bits per heavy atom. The lowest BCUT2D eigenvalue weighted by Gasteiger charge is -2.19. The molecule has 0 spiro atoms. The Morgan fingerprint density at radius 2 is 1.59 bits per heavy atom. The average Bonchev–Trinajstić information content (AvgIpc) is 2.90. The fraction of sp³-hybridized carbons (Fsp3) is 0.393. The number of unbranched alkanes of at least 4 members (excludes halogenated alkanes) is 1. The Labute approximate surface area is 238 Å². The van der Waals surface area contributed by atoms with Crippen LogP contribution in [-0.4, -0.2) is 52.9 Å². The molecule has 0 saturated carbocycles. The van der Waals surface area contributed by atoms with Crippen LogP contribution in [-0.2, 0) is 19.1 Å². The van der Waals surface area contributed by atoms with Crippen molar-refractivity contribution in [2.24, 2.45) is 0 Å². The first kappa shape index (κ1) is 33.9. The Kier molecular flexibility index (Phi) is 16.5. The lowest BCUT2D eigenvalue weighted by Crippen LogP contribution is -2.24. The van der Waals surface area contributed by atoms with Crippen molar-refractivity contribution in [3.05, 3.63) is 75.8 Å². The van der Waals surface area contributed by atoms with Crippen LogP contribution in [0.25, 0.3) is 0 Å². The largest absolute Gasteiger partial charge is 0.478 e. The second-order valence-electron chi connectivity index (χ2n) is 8.64. The van der Waals surface area contributed by atoms with Crippen LogP contribution < -0.4 is 11.1 Å². The third-order valence-corrected chi connectivity index (χ3v) is 6.22. The van der Waals surface area contributed by atoms with E-state index in [0.29, 0.717) is 59.6 Å². The molecule has 39 heavy (non-hydrogen) atoms. The van der Waals surface area contributed by atoms with Gasteiger partial charge in [-0.25, -0.2) is 9.59 Å². The van der Waals surface area contributed by atoms with Crippen molar-refractivity contribution in [3.8, 4) is 0 Å². The zero-order valence-corrected chi connectivity index (χ0v) is 23.3. The van der Waals surface area contributed by atoms with E-state index in [4.69, 9.17) is 43.9 Å². The molecule has 214 valence electrons. The summed E-state index contributed by atoms with van der Waals surface area (Å²) in [5.74, 6) is -2.43. The molecule has 0 fully saturated rings. The summed E-state index contributed by atoms with van der Waals surface area (Å²) in [4.78, 5) is 31.1. The van der Waals surface area contributed by atoms with E-state index in [-0.39, 0.29) is 11.9 Å². The number of aliphatic hydroxyl groups excluding tert-OH is 1. The number of hydrogen-bond acceptors (Lipinski definition) is 7. The molecule has 0 aliphatic rings. The lowest BCUT2D eigenvalue weighted by atomic mass is 9.91. The molecule has 2 rings (SSSR count). The molecule has 0 aromatic heterocycles. The summed E-state index contributed by atoms with van der Waals surface area (Å²) in [6, 6.07) is 13.4. The fourth-order valence-corrected chi connectivity index (χ4v) is 3.97. The van der Waals surface area contributed by atoms with E-state index in [2.05, 4.69) is 24.4 Å². The topological polar surface area (TPSA) is 159 Å². The summed E-state index contributed by atoms with van der Waals surface area (Å²) in [5.41, 5.74) is 7.88. The summed E-state index contributed by atoms with van der Waals surface area (Å²) in [6.45, 7) is 3.61. The molecule has 9 nitrogen and oxygen atoms in total. The molecule has 0 heterocycles. The minimum absolute atomic E-state index is 0.144. The Morgan fingerprint density at radius 3 is 2.13 bits per heavy atom. The first-order chi connectivity index (χ1) is 18.5. The van der Waals surface area contributed by atoms with Crippen LogP contribution in [0.3, 0.4) is 0 Å². The molecular formula is C28H36Cl2N2O7. The quantitative estimate of drug-likeness (QED) is 0.0821. The zero-order valence-electron chi connectivity index (χ0n) is 21.8. The third kappa shape index (κ3) is 14.6. The number of halogens is 2. The minimum atomic E-state index is -1.26. The van der Waals surface area contributed by atoms with Gasteiger partial charge in [-0.2, -0.15) is 0 Å². The molecule has 11 heteroatoms. The molecule has 0 saturated heterocycles. The number of rotatable bonds is 15. The number of nitrogens with two attached hydrogens (primary N) is 1. The Hall–Kier alpha value is -3.11. The monoisotopic (exact) mass is 582 g/mol. The summed E-state index contributed by atoms with van der Waals surface area (Å²) in [6.07, 6.45) is 4.22. The maximum Gasteiger partial charge on any atom is 0.328 e. The average molecular weight is 584 g/mol. The predicted molar refractivity (Wildman–Crippen MR) is 152 cm³/mol. The number of aliphatic hydroxyl groups is 1. The van der Waals surface area contributed by atoms with E-state index in [1.165, 1.54) is 5.56 Å². The van der Waals surface area contributed by atoms with Gasteiger partial charge in [0.05, 0.1) is 28.4 Å². The summed E-state index contributed by atoms with van der Waals surface area (Å²) >= 11 is 12.1. The molecular weight excluding hydrogens is 547 g/mol. The van der Waals surface area contributed by atoms with Gasteiger partial charge in [0.15, 0.2) is 0 Å². The van der Waals surface area contributed by atoms with Gasteiger partial charge in [0.25, 0.3) is 0 Å². The number of carboxylic acids is 2. The zero-order chi connectivity index (χ0) is 29.2. The molecule has 2 aromatic carbocycles. The Bertz CT molecular complexity index is 1040. The fourth-order valence-electron chi connectivity index (χ4n) is 3.47. The van der Waals surface area contributed by atoms with E-state index >= 15 is 0 Å². The normalized spacial score (nSPS) is 12.3.